The van der Waals surface area contributed by atoms with Crippen LogP contribution in [0.2, 0.25) is 0 Å². The maximum atomic E-state index is 13.3. The fourth-order valence-corrected chi connectivity index (χ4v) is 5.95. The van der Waals surface area contributed by atoms with Crippen LogP contribution in [0.4, 0.5) is 0 Å². The molecule has 1 aliphatic rings. The molecule has 1 aliphatic heterocycles. The number of rotatable bonds is 14. The molecule has 0 spiro atoms. The molecular weight excluding hydrogens is 694 g/mol. The number of carbonyl (C=O) groups is 4. The van der Waals surface area contributed by atoms with E-state index in [0.717, 1.165) is 17.7 Å². The fourth-order valence-electron chi connectivity index (χ4n) is 4.89. The topological polar surface area (TPSA) is 155 Å². The number of benzene rings is 4. The zero-order valence-electron chi connectivity index (χ0n) is 27.5. The van der Waals surface area contributed by atoms with Crippen molar-refractivity contribution in [2.75, 3.05) is 20.7 Å². The molecule has 5 aromatic rings. The van der Waals surface area contributed by atoms with Gasteiger partial charge in [0.1, 0.15) is 38.2 Å². The van der Waals surface area contributed by atoms with Gasteiger partial charge in [0.05, 0.1) is 18.2 Å². The molecule has 4 aromatic carbocycles. The average Bonchev–Trinajstić information content (AvgIpc) is 3.81. The molecule has 52 heavy (non-hydrogen) atoms. The monoisotopic (exact) mass is 723 g/mol. The van der Waals surface area contributed by atoms with Gasteiger partial charge >= 0.3 is 23.9 Å². The Morgan fingerprint density at radius 2 is 1.31 bits per heavy atom. The Balaban J connectivity index is 1.22. The highest BCUT2D eigenvalue weighted by Gasteiger charge is 2.30. The number of hydrogen-bond acceptors (Lipinski definition) is 14. The van der Waals surface area contributed by atoms with Crippen molar-refractivity contribution in [3.63, 3.8) is 0 Å². The van der Waals surface area contributed by atoms with Crippen LogP contribution < -0.4 is 28.4 Å². The van der Waals surface area contributed by atoms with Crippen LogP contribution in [0, 0.1) is 0 Å². The third-order valence-corrected chi connectivity index (χ3v) is 8.64. The zero-order valence-corrected chi connectivity index (χ0v) is 28.3. The molecule has 0 amide bonds. The second-order valence-corrected chi connectivity index (χ2v) is 11.8. The normalized spacial score (nSPS) is 12.8. The second kappa shape index (κ2) is 15.9. The van der Waals surface area contributed by atoms with Crippen LogP contribution in [0.1, 0.15) is 37.4 Å². The van der Waals surface area contributed by atoms with Crippen molar-refractivity contribution >= 4 is 45.4 Å². The predicted molar refractivity (Wildman–Crippen MR) is 186 cm³/mol. The van der Waals surface area contributed by atoms with Gasteiger partial charge in [0.2, 0.25) is 13.6 Å². The lowest BCUT2D eigenvalue weighted by atomic mass is 10.1. The van der Waals surface area contributed by atoms with Crippen molar-refractivity contribution in [2.45, 2.75) is 12.5 Å². The van der Waals surface area contributed by atoms with E-state index in [-0.39, 0.29) is 41.7 Å². The van der Waals surface area contributed by atoms with Crippen LogP contribution in [0.15, 0.2) is 104 Å². The van der Waals surface area contributed by atoms with Crippen molar-refractivity contribution in [1.82, 2.24) is 4.98 Å². The molecule has 0 saturated heterocycles. The minimum absolute atomic E-state index is 0.134. The summed E-state index contributed by atoms with van der Waals surface area (Å²) in [4.78, 5) is 53.8. The van der Waals surface area contributed by atoms with E-state index >= 15 is 0 Å². The number of fused-ring (bicyclic) bond motifs is 2. The van der Waals surface area contributed by atoms with Gasteiger partial charge in [0.25, 0.3) is 0 Å². The molecule has 264 valence electrons. The fraction of sp³-hybridized carbons (Fsp3) is 0.132. The molecule has 0 fully saturated rings. The molecule has 14 heteroatoms. The number of nitrogens with zero attached hydrogens (tertiary/aromatic N) is 1. The summed E-state index contributed by atoms with van der Waals surface area (Å²) in [5.41, 5.74) is 1.67. The molecule has 2 heterocycles. The first-order valence-electron chi connectivity index (χ1n) is 15.5. The lowest BCUT2D eigenvalue weighted by molar-refractivity contribution is -0.145. The van der Waals surface area contributed by atoms with Gasteiger partial charge in [0, 0.05) is 24.1 Å². The summed E-state index contributed by atoms with van der Waals surface area (Å²) in [6.07, 6.45) is 2.09. The van der Waals surface area contributed by atoms with E-state index in [9.17, 15) is 19.2 Å². The summed E-state index contributed by atoms with van der Waals surface area (Å²) in [5.74, 6) is -0.166. The Morgan fingerprint density at radius 1 is 0.769 bits per heavy atom. The molecule has 0 N–H and O–H groups in total. The molecule has 0 saturated carbocycles. The summed E-state index contributed by atoms with van der Waals surface area (Å²) in [6.45, 7) is 5.99. The minimum Gasteiger partial charge on any atom is -0.497 e. The van der Waals surface area contributed by atoms with Crippen LogP contribution in [-0.4, -0.2) is 49.6 Å². The van der Waals surface area contributed by atoms with Gasteiger partial charge in [-0.3, -0.25) is 0 Å². The van der Waals surface area contributed by atoms with Gasteiger partial charge in [0.15, 0.2) is 17.6 Å². The first-order valence-corrected chi connectivity index (χ1v) is 16.3. The highest BCUT2D eigenvalue weighted by atomic mass is 32.1. The number of aromatic nitrogens is 1. The Bertz CT molecular complexity index is 2040. The van der Waals surface area contributed by atoms with Gasteiger partial charge in [-0.05, 0) is 78.9 Å². The van der Waals surface area contributed by atoms with E-state index in [2.05, 4.69) is 13.2 Å². The smallest absolute Gasteiger partial charge is 0.343 e. The summed E-state index contributed by atoms with van der Waals surface area (Å²) in [6, 6.07) is 20.7. The van der Waals surface area contributed by atoms with Gasteiger partial charge in [-0.1, -0.05) is 13.2 Å². The molecule has 13 nitrogen and oxygen atoms in total. The number of methoxy groups -OCH3 is 1. The van der Waals surface area contributed by atoms with Crippen LogP contribution in [0.3, 0.4) is 0 Å². The molecule has 1 aromatic heterocycles. The van der Waals surface area contributed by atoms with Gasteiger partial charge in [-0.2, -0.15) is 0 Å². The summed E-state index contributed by atoms with van der Waals surface area (Å²) in [5, 5.41) is 0.572. The van der Waals surface area contributed by atoms with E-state index in [1.165, 1.54) is 72.0 Å². The van der Waals surface area contributed by atoms with Gasteiger partial charge in [-0.15, -0.1) is 11.3 Å². The van der Waals surface area contributed by atoms with E-state index in [0.29, 0.717) is 39.1 Å². The first kappa shape index (κ1) is 35.2. The standard InChI is InChI=1S/C38H29NO12S/c1-4-32(40)47-20-45-25-10-6-22(7-11-25)37(42)50-29-16-17-30(51-38(43)23-8-12-26(13-9-23)46-21-48-33(41)5-2)35-34(29)39-36(52-35)31-19-24-18-27(44-3)14-15-28(24)49-31/h4-18,31H,1-2,19-21H2,3H3. The number of carbonyl (C=O) groups excluding carboxylic acids is 4. The Labute approximate surface area is 300 Å². The molecule has 0 radical (unpaired) electrons. The molecule has 0 bridgehead atoms. The van der Waals surface area contributed by atoms with E-state index < -0.39 is 30.0 Å². The Kier molecular flexibility index (Phi) is 10.8. The van der Waals surface area contributed by atoms with Crippen LogP contribution in [0.25, 0.3) is 10.2 Å². The zero-order chi connectivity index (χ0) is 36.6. The van der Waals surface area contributed by atoms with Crippen LogP contribution in [0.5, 0.6) is 34.5 Å². The highest BCUT2D eigenvalue weighted by Crippen LogP contribution is 2.44. The molecule has 6 rings (SSSR count). The third-order valence-electron chi connectivity index (χ3n) is 7.48. The number of hydrogen-bond donors (Lipinski definition) is 0. The van der Waals surface area contributed by atoms with Crippen molar-refractivity contribution in [1.29, 1.82) is 0 Å². The minimum atomic E-state index is -0.677. The summed E-state index contributed by atoms with van der Waals surface area (Å²) in [7, 11) is 1.59. The number of esters is 4. The molecule has 1 atom stereocenters. The largest absolute Gasteiger partial charge is 0.497 e. The lowest BCUT2D eigenvalue weighted by Gasteiger charge is -2.10. The number of thiazole rings is 1. The maximum Gasteiger partial charge on any atom is 0.343 e. The summed E-state index contributed by atoms with van der Waals surface area (Å²) >= 11 is 1.24. The van der Waals surface area contributed by atoms with Crippen molar-refractivity contribution in [2.24, 2.45) is 0 Å². The summed E-state index contributed by atoms with van der Waals surface area (Å²) < 4.78 is 43.9. The quantitative estimate of drug-likeness (QED) is 0.0527. The van der Waals surface area contributed by atoms with Gasteiger partial charge in [-0.25, -0.2) is 24.2 Å². The number of ether oxygens (including phenoxy) is 8. The Hall–Kier alpha value is -6.67. The average molecular weight is 724 g/mol. The van der Waals surface area contributed by atoms with Crippen LogP contribution in [-0.2, 0) is 25.5 Å². The van der Waals surface area contributed by atoms with Crippen molar-refractivity contribution in [3.05, 3.63) is 126 Å². The third kappa shape index (κ3) is 8.20. The van der Waals surface area contributed by atoms with Crippen LogP contribution >= 0.6 is 11.3 Å². The second-order valence-electron chi connectivity index (χ2n) is 10.8. The lowest BCUT2D eigenvalue weighted by Crippen LogP contribution is -2.11. The van der Waals surface area contributed by atoms with E-state index in [1.807, 2.05) is 12.1 Å². The molecule has 1 unspecified atom stereocenters. The molecule has 0 aliphatic carbocycles. The van der Waals surface area contributed by atoms with E-state index in [4.69, 9.17) is 42.9 Å². The SMILES string of the molecule is C=CC(=O)OCOc1ccc(C(=O)Oc2ccc(OC(=O)c3ccc(OCOC(=O)C=C)cc3)c3sc(C4Cc5cc(OC)ccc5O4)nc23)cc1. The maximum absolute atomic E-state index is 13.3. The predicted octanol–water partition coefficient (Wildman–Crippen LogP) is 6.55. The van der Waals surface area contributed by atoms with Crippen molar-refractivity contribution < 1.29 is 57.1 Å². The van der Waals surface area contributed by atoms with Gasteiger partial charge < -0.3 is 37.9 Å². The Morgan fingerprint density at radius 3 is 1.87 bits per heavy atom. The highest BCUT2D eigenvalue weighted by molar-refractivity contribution is 7.19. The first-order chi connectivity index (χ1) is 25.2. The van der Waals surface area contributed by atoms with Crippen molar-refractivity contribution in [3.8, 4) is 34.5 Å². The molecular formula is C38H29NO12S. The van der Waals surface area contributed by atoms with E-state index in [1.54, 1.807) is 13.2 Å².